The van der Waals surface area contributed by atoms with Crippen LogP contribution < -0.4 is 4.90 Å². The van der Waals surface area contributed by atoms with Crippen molar-refractivity contribution in [2.24, 2.45) is 0 Å². The molecule has 1 heterocycles. The smallest absolute Gasteiger partial charge is 0.153 e. The predicted octanol–water partition coefficient (Wildman–Crippen LogP) is 5.17. The number of hydrogen-bond donors (Lipinski definition) is 0. The minimum atomic E-state index is -0.143. The molecule has 0 aliphatic carbocycles. The summed E-state index contributed by atoms with van der Waals surface area (Å²) in [4.78, 5) is 3.55. The van der Waals surface area contributed by atoms with Crippen LogP contribution in [0.15, 0.2) is 59.5 Å². The number of nitrogens with zero attached hydrogens (tertiary/aromatic N) is 1. The molecule has 22 heavy (non-hydrogen) atoms. The second-order valence-electron chi connectivity index (χ2n) is 5.63. The quantitative estimate of drug-likeness (QED) is 0.720. The van der Waals surface area contributed by atoms with Crippen molar-refractivity contribution in [2.45, 2.75) is 36.0 Å². The molecule has 0 fully saturated rings. The maximum atomic E-state index is 3.58. The highest BCUT2D eigenvalue weighted by Crippen LogP contribution is 2.51. The molecular formula is C20H21NS. The predicted molar refractivity (Wildman–Crippen MR) is 96.3 cm³/mol. The molecule has 1 nitrogen and oxygen atoms in total. The van der Waals surface area contributed by atoms with E-state index in [1.54, 1.807) is 0 Å². The lowest BCUT2D eigenvalue weighted by Gasteiger charge is -2.32. The van der Waals surface area contributed by atoms with Crippen LogP contribution in [0.5, 0.6) is 0 Å². The molecule has 112 valence electrons. The van der Waals surface area contributed by atoms with Crippen LogP contribution >= 0.6 is 11.8 Å². The van der Waals surface area contributed by atoms with Gasteiger partial charge in [0.2, 0.25) is 0 Å². The molecule has 2 heteroatoms. The lowest BCUT2D eigenvalue weighted by molar-refractivity contribution is 0.609. The van der Waals surface area contributed by atoms with Gasteiger partial charge in [-0.2, -0.15) is 0 Å². The first kappa shape index (κ1) is 15.1. The van der Waals surface area contributed by atoms with E-state index >= 15 is 0 Å². The fourth-order valence-electron chi connectivity index (χ4n) is 2.76. The Kier molecular flexibility index (Phi) is 4.45. The number of rotatable bonds is 3. The third kappa shape index (κ3) is 2.87. The van der Waals surface area contributed by atoms with Crippen LogP contribution in [0.4, 0.5) is 5.69 Å². The van der Waals surface area contributed by atoms with Crippen LogP contribution in [0.1, 0.15) is 31.7 Å². The lowest BCUT2D eigenvalue weighted by atomic mass is 10.1. The normalized spacial score (nSPS) is 19.5. The average molecular weight is 307 g/mol. The summed E-state index contributed by atoms with van der Waals surface area (Å²) in [5.74, 6) is 6.97. The monoisotopic (exact) mass is 307 g/mol. The van der Waals surface area contributed by atoms with Gasteiger partial charge in [-0.15, -0.1) is 0 Å². The number of para-hydroxylation sites is 1. The van der Waals surface area contributed by atoms with E-state index in [1.165, 1.54) is 23.4 Å². The largest absolute Gasteiger partial charge is 0.349 e. The van der Waals surface area contributed by atoms with Crippen LogP contribution in [-0.4, -0.2) is 11.9 Å². The second kappa shape index (κ2) is 6.50. The molecule has 0 radical (unpaired) electrons. The Morgan fingerprint density at radius 2 is 1.77 bits per heavy atom. The summed E-state index contributed by atoms with van der Waals surface area (Å²) >= 11 is 1.90. The van der Waals surface area contributed by atoms with Crippen molar-refractivity contribution in [1.82, 2.24) is 0 Å². The number of benzene rings is 2. The van der Waals surface area contributed by atoms with E-state index in [0.29, 0.717) is 0 Å². The van der Waals surface area contributed by atoms with Crippen molar-refractivity contribution >= 4 is 17.4 Å². The molecule has 0 N–H and O–H groups in total. The number of hydrogen-bond acceptors (Lipinski definition) is 2. The van der Waals surface area contributed by atoms with Gasteiger partial charge in [-0.05, 0) is 37.1 Å². The Morgan fingerprint density at radius 1 is 1.05 bits per heavy atom. The molecule has 0 aromatic heterocycles. The minimum Gasteiger partial charge on any atom is -0.349 e. The topological polar surface area (TPSA) is 3.24 Å². The highest BCUT2D eigenvalue weighted by molar-refractivity contribution is 8.01. The zero-order valence-electron chi connectivity index (χ0n) is 13.2. The highest BCUT2D eigenvalue weighted by Gasteiger charge is 2.40. The zero-order valence-corrected chi connectivity index (χ0v) is 14.0. The first-order valence-electron chi connectivity index (χ1n) is 7.85. The number of thioether (sulfide) groups is 1. The molecule has 0 amide bonds. The van der Waals surface area contributed by atoms with Crippen molar-refractivity contribution in [1.29, 1.82) is 0 Å². The van der Waals surface area contributed by atoms with Crippen LogP contribution in [0.3, 0.4) is 0 Å². The maximum absolute atomic E-state index is 3.58. The van der Waals surface area contributed by atoms with E-state index < -0.39 is 0 Å². The Labute approximate surface area is 137 Å². The van der Waals surface area contributed by atoms with E-state index in [9.17, 15) is 0 Å². The summed E-state index contributed by atoms with van der Waals surface area (Å²) in [5.41, 5.74) is 2.38. The van der Waals surface area contributed by atoms with Crippen molar-refractivity contribution in [3.63, 3.8) is 0 Å². The van der Waals surface area contributed by atoms with Crippen LogP contribution in [-0.2, 0) is 0 Å². The summed E-state index contributed by atoms with van der Waals surface area (Å²) < 4.78 is 0. The molecule has 0 saturated heterocycles. The maximum Gasteiger partial charge on any atom is 0.153 e. The van der Waals surface area contributed by atoms with Gasteiger partial charge in [0.15, 0.2) is 4.87 Å². The number of fused-ring (bicyclic) bond motifs is 1. The second-order valence-corrected chi connectivity index (χ2v) is 6.95. The Balaban J connectivity index is 1.96. The Hall–Kier alpha value is -1.85. The molecule has 1 atom stereocenters. The lowest BCUT2D eigenvalue weighted by Crippen LogP contribution is -2.39. The van der Waals surface area contributed by atoms with Crippen LogP contribution in [0.2, 0.25) is 0 Å². The number of anilines is 1. The third-order valence-corrected chi connectivity index (χ3v) is 5.58. The van der Waals surface area contributed by atoms with Gasteiger partial charge in [-0.1, -0.05) is 67.3 Å². The van der Waals surface area contributed by atoms with Gasteiger partial charge >= 0.3 is 0 Å². The summed E-state index contributed by atoms with van der Waals surface area (Å²) in [6, 6.07) is 18.9. The van der Waals surface area contributed by atoms with Crippen molar-refractivity contribution < 1.29 is 0 Å². The van der Waals surface area contributed by atoms with Crippen molar-refractivity contribution in [2.75, 3.05) is 11.9 Å². The third-order valence-electron chi connectivity index (χ3n) is 4.09. The number of unbranched alkanes of at least 4 members (excludes halogenated alkanes) is 1. The van der Waals surface area contributed by atoms with Crippen molar-refractivity contribution in [3.05, 3.63) is 60.2 Å². The fraction of sp³-hybridized carbons (Fsp3) is 0.300. The molecule has 1 aliphatic heterocycles. The molecular weight excluding hydrogens is 286 g/mol. The van der Waals surface area contributed by atoms with Gasteiger partial charge in [-0.25, -0.2) is 0 Å². The standard InChI is InChI=1S/C20H21NS/c1-3-4-15-20(16-14-17-10-6-5-7-11-17)21(2)18-12-8-9-13-19(18)22-20/h5-13H,3-4,15H2,1-2H3/t20-/m0/s1. The summed E-state index contributed by atoms with van der Waals surface area (Å²) in [5, 5.41) is 0. The Morgan fingerprint density at radius 3 is 2.50 bits per heavy atom. The van der Waals surface area contributed by atoms with Gasteiger partial charge < -0.3 is 4.90 Å². The van der Waals surface area contributed by atoms with Crippen LogP contribution in [0, 0.1) is 11.8 Å². The Bertz CT molecular complexity index is 698. The highest BCUT2D eigenvalue weighted by atomic mass is 32.2. The van der Waals surface area contributed by atoms with Gasteiger partial charge in [0.1, 0.15) is 0 Å². The van der Waals surface area contributed by atoms with E-state index in [1.807, 2.05) is 30.0 Å². The molecule has 0 saturated carbocycles. The van der Waals surface area contributed by atoms with E-state index in [4.69, 9.17) is 0 Å². The summed E-state index contributed by atoms with van der Waals surface area (Å²) in [6.07, 6.45) is 3.47. The average Bonchev–Trinajstić information content (AvgIpc) is 2.85. The molecule has 2 aromatic rings. The molecule has 0 unspecified atom stereocenters. The zero-order chi connectivity index (χ0) is 15.4. The fourth-order valence-corrected chi connectivity index (χ4v) is 4.17. The summed E-state index contributed by atoms with van der Waals surface area (Å²) in [7, 11) is 2.17. The van der Waals surface area contributed by atoms with Gasteiger partial charge in [0.05, 0.1) is 5.69 Å². The van der Waals surface area contributed by atoms with E-state index in [0.717, 1.165) is 12.0 Å². The van der Waals surface area contributed by atoms with E-state index in [2.05, 4.69) is 67.1 Å². The molecule has 0 bridgehead atoms. The molecule has 3 rings (SSSR count). The first-order chi connectivity index (χ1) is 10.7. The minimum absolute atomic E-state index is 0.143. The van der Waals surface area contributed by atoms with Crippen LogP contribution in [0.25, 0.3) is 0 Å². The molecule has 1 aliphatic rings. The van der Waals surface area contributed by atoms with E-state index in [-0.39, 0.29) is 4.87 Å². The van der Waals surface area contributed by atoms with Gasteiger partial charge in [-0.3, -0.25) is 0 Å². The molecule has 0 spiro atoms. The van der Waals surface area contributed by atoms with Gasteiger partial charge in [0, 0.05) is 17.5 Å². The SMILES string of the molecule is CCCC[C@@]1(C#Cc2ccccc2)Sc2ccccc2N1C. The summed E-state index contributed by atoms with van der Waals surface area (Å²) in [6.45, 7) is 2.24. The van der Waals surface area contributed by atoms with Crippen molar-refractivity contribution in [3.8, 4) is 11.8 Å². The molecule has 2 aromatic carbocycles. The van der Waals surface area contributed by atoms with Gasteiger partial charge in [0.25, 0.3) is 0 Å². The first-order valence-corrected chi connectivity index (χ1v) is 8.67.